The Morgan fingerprint density at radius 3 is 2.33 bits per heavy atom. The molecule has 1 aliphatic carbocycles. The largest absolute Gasteiger partial charge is 0.388 e. The molecule has 1 aromatic carbocycles. The Hall–Kier alpha value is -0.860. The number of hydrogen-bond donors (Lipinski definition) is 1. The molecular formula is C19H31NO. The van der Waals surface area contributed by atoms with Gasteiger partial charge in [-0.3, -0.25) is 0 Å². The second-order valence-electron chi connectivity index (χ2n) is 6.86. The van der Waals surface area contributed by atoms with E-state index in [1.54, 1.807) is 0 Å². The van der Waals surface area contributed by atoms with Gasteiger partial charge in [-0.2, -0.15) is 0 Å². The van der Waals surface area contributed by atoms with Crippen LogP contribution in [0.15, 0.2) is 30.3 Å². The van der Waals surface area contributed by atoms with Crippen LogP contribution in [-0.4, -0.2) is 29.6 Å². The van der Waals surface area contributed by atoms with E-state index in [0.29, 0.717) is 6.04 Å². The third-order valence-electron chi connectivity index (χ3n) is 5.27. The van der Waals surface area contributed by atoms with Crippen molar-refractivity contribution in [3.8, 4) is 0 Å². The summed E-state index contributed by atoms with van der Waals surface area (Å²) in [4.78, 5) is 2.47. The first-order chi connectivity index (χ1) is 10.1. The van der Waals surface area contributed by atoms with Gasteiger partial charge in [0.2, 0.25) is 0 Å². The highest BCUT2D eigenvalue weighted by molar-refractivity contribution is 5.17. The van der Waals surface area contributed by atoms with Crippen LogP contribution in [0.4, 0.5) is 0 Å². The zero-order chi connectivity index (χ0) is 15.2. The molecule has 0 heterocycles. The molecule has 118 valence electrons. The molecule has 0 saturated heterocycles. The van der Waals surface area contributed by atoms with Crippen molar-refractivity contribution in [1.82, 2.24) is 4.90 Å². The molecule has 2 atom stereocenters. The van der Waals surface area contributed by atoms with Gasteiger partial charge in [-0.15, -0.1) is 0 Å². The minimum atomic E-state index is -0.361. The summed E-state index contributed by atoms with van der Waals surface area (Å²) in [5.41, 5.74) is 1.04. The van der Waals surface area contributed by atoms with Crippen LogP contribution < -0.4 is 0 Å². The van der Waals surface area contributed by atoms with Crippen LogP contribution in [0.1, 0.15) is 57.6 Å². The van der Waals surface area contributed by atoms with E-state index < -0.39 is 0 Å². The van der Waals surface area contributed by atoms with Gasteiger partial charge >= 0.3 is 0 Å². The smallest absolute Gasteiger partial charge is 0.0827 e. The van der Waals surface area contributed by atoms with E-state index in [9.17, 15) is 5.11 Å². The van der Waals surface area contributed by atoms with Crippen molar-refractivity contribution in [2.75, 3.05) is 13.6 Å². The molecule has 1 saturated carbocycles. The van der Waals surface area contributed by atoms with Crippen LogP contribution in [0.5, 0.6) is 0 Å². The van der Waals surface area contributed by atoms with Gasteiger partial charge in [0.05, 0.1) is 6.10 Å². The van der Waals surface area contributed by atoms with Gasteiger partial charge in [-0.05, 0) is 50.1 Å². The maximum absolute atomic E-state index is 10.5. The summed E-state index contributed by atoms with van der Waals surface area (Å²) in [6.45, 7) is 5.44. The molecule has 1 aromatic rings. The highest BCUT2D eigenvalue weighted by atomic mass is 16.3. The number of hydrogen-bond acceptors (Lipinski definition) is 2. The first kappa shape index (κ1) is 16.5. The van der Waals surface area contributed by atoms with Crippen molar-refractivity contribution in [2.45, 2.75) is 58.1 Å². The predicted molar refractivity (Wildman–Crippen MR) is 89.2 cm³/mol. The van der Waals surface area contributed by atoms with Gasteiger partial charge in [-0.1, -0.05) is 50.6 Å². The molecule has 0 aliphatic heterocycles. The third kappa shape index (κ3) is 4.55. The number of nitrogens with zero attached hydrogens (tertiary/aromatic N) is 1. The predicted octanol–water partition coefficient (Wildman–Crippen LogP) is 4.26. The fraction of sp³-hybridized carbons (Fsp3) is 0.684. The summed E-state index contributed by atoms with van der Waals surface area (Å²) in [5.74, 6) is 1.21. The standard InChI is InChI=1S/C19H31NO/c1-4-16-10-12-18(13-11-16)20(3)14-15(2)19(21)17-8-6-5-7-9-17/h5-9,15-16,18-19,21H,4,10-14H2,1-3H3. The van der Waals surface area contributed by atoms with Crippen LogP contribution in [-0.2, 0) is 0 Å². The number of aliphatic hydroxyl groups excluding tert-OH is 1. The lowest BCUT2D eigenvalue weighted by atomic mass is 9.83. The summed E-state index contributed by atoms with van der Waals surface area (Å²) in [5, 5.41) is 10.5. The Bertz CT molecular complexity index is 397. The van der Waals surface area contributed by atoms with Gasteiger partial charge in [0.15, 0.2) is 0 Å². The Kier molecular flexibility index (Phi) is 6.25. The molecule has 2 rings (SSSR count). The SMILES string of the molecule is CCC1CCC(N(C)CC(C)C(O)c2ccccc2)CC1. The van der Waals surface area contributed by atoms with Gasteiger partial charge in [0.25, 0.3) is 0 Å². The maximum atomic E-state index is 10.5. The Labute approximate surface area is 130 Å². The molecule has 2 nitrogen and oxygen atoms in total. The molecule has 0 amide bonds. The minimum Gasteiger partial charge on any atom is -0.388 e. The molecule has 2 unspecified atom stereocenters. The summed E-state index contributed by atoms with van der Waals surface area (Å²) in [7, 11) is 2.23. The molecule has 1 fully saturated rings. The molecule has 0 bridgehead atoms. The van der Waals surface area contributed by atoms with Crippen molar-refractivity contribution in [1.29, 1.82) is 0 Å². The van der Waals surface area contributed by atoms with Gasteiger partial charge in [-0.25, -0.2) is 0 Å². The summed E-state index contributed by atoms with van der Waals surface area (Å²) in [6.07, 6.45) is 6.37. The molecular weight excluding hydrogens is 258 g/mol. The van der Waals surface area contributed by atoms with E-state index in [0.717, 1.165) is 18.0 Å². The van der Waals surface area contributed by atoms with Crippen LogP contribution in [0, 0.1) is 11.8 Å². The third-order valence-corrected chi connectivity index (χ3v) is 5.27. The lowest BCUT2D eigenvalue weighted by Gasteiger charge is -2.36. The van der Waals surface area contributed by atoms with Crippen LogP contribution in [0.2, 0.25) is 0 Å². The second kappa shape index (κ2) is 7.95. The van der Waals surface area contributed by atoms with E-state index in [-0.39, 0.29) is 12.0 Å². The molecule has 0 spiro atoms. The Morgan fingerprint density at radius 1 is 1.14 bits per heavy atom. The van der Waals surface area contributed by atoms with E-state index in [1.165, 1.54) is 32.1 Å². The molecule has 21 heavy (non-hydrogen) atoms. The zero-order valence-corrected chi connectivity index (χ0v) is 13.8. The van der Waals surface area contributed by atoms with Crippen molar-refractivity contribution >= 4 is 0 Å². The Morgan fingerprint density at radius 2 is 1.76 bits per heavy atom. The molecule has 0 aromatic heterocycles. The van der Waals surface area contributed by atoms with Gasteiger partial charge < -0.3 is 10.0 Å². The van der Waals surface area contributed by atoms with Crippen LogP contribution in [0.25, 0.3) is 0 Å². The topological polar surface area (TPSA) is 23.5 Å². The average molecular weight is 289 g/mol. The molecule has 0 radical (unpaired) electrons. The normalized spacial score (nSPS) is 25.8. The molecule has 1 aliphatic rings. The fourth-order valence-electron chi connectivity index (χ4n) is 3.68. The van der Waals surface area contributed by atoms with Crippen LogP contribution in [0.3, 0.4) is 0 Å². The lowest BCUT2D eigenvalue weighted by molar-refractivity contribution is 0.0720. The van der Waals surface area contributed by atoms with E-state index >= 15 is 0 Å². The number of rotatable bonds is 6. The monoisotopic (exact) mass is 289 g/mol. The zero-order valence-electron chi connectivity index (χ0n) is 13.8. The quantitative estimate of drug-likeness (QED) is 0.846. The van der Waals surface area contributed by atoms with Crippen molar-refractivity contribution in [3.63, 3.8) is 0 Å². The first-order valence-corrected chi connectivity index (χ1v) is 8.55. The first-order valence-electron chi connectivity index (χ1n) is 8.55. The van der Waals surface area contributed by atoms with Crippen molar-refractivity contribution < 1.29 is 5.11 Å². The maximum Gasteiger partial charge on any atom is 0.0827 e. The average Bonchev–Trinajstić information content (AvgIpc) is 2.55. The second-order valence-corrected chi connectivity index (χ2v) is 6.86. The van der Waals surface area contributed by atoms with E-state index in [4.69, 9.17) is 0 Å². The minimum absolute atomic E-state index is 0.265. The molecule has 2 heteroatoms. The highest BCUT2D eigenvalue weighted by Gasteiger charge is 2.25. The lowest BCUT2D eigenvalue weighted by Crippen LogP contribution is -2.38. The van der Waals surface area contributed by atoms with E-state index in [1.807, 2.05) is 30.3 Å². The van der Waals surface area contributed by atoms with Gasteiger partial charge in [0.1, 0.15) is 0 Å². The van der Waals surface area contributed by atoms with Gasteiger partial charge in [0, 0.05) is 12.6 Å². The Balaban J connectivity index is 1.83. The molecule has 1 N–H and O–H groups in total. The summed E-state index contributed by atoms with van der Waals surface area (Å²) in [6, 6.07) is 10.8. The van der Waals surface area contributed by atoms with E-state index in [2.05, 4.69) is 25.8 Å². The number of aliphatic hydroxyl groups is 1. The van der Waals surface area contributed by atoms with Crippen molar-refractivity contribution in [3.05, 3.63) is 35.9 Å². The van der Waals surface area contributed by atoms with Crippen molar-refractivity contribution in [2.24, 2.45) is 11.8 Å². The number of benzene rings is 1. The summed E-state index contributed by atoms with van der Waals surface area (Å²) >= 11 is 0. The fourth-order valence-corrected chi connectivity index (χ4v) is 3.68. The highest BCUT2D eigenvalue weighted by Crippen LogP contribution is 2.30. The van der Waals surface area contributed by atoms with Crippen LogP contribution >= 0.6 is 0 Å². The summed E-state index contributed by atoms with van der Waals surface area (Å²) < 4.78 is 0.